The zero-order valence-corrected chi connectivity index (χ0v) is 10.3. The Balaban J connectivity index is 3.49. The van der Waals surface area contributed by atoms with Gasteiger partial charge in [-0.2, -0.15) is 5.26 Å². The molecule has 3 N–H and O–H groups in total. The van der Waals surface area contributed by atoms with E-state index >= 15 is 0 Å². The molecule has 0 aliphatic heterocycles. The first kappa shape index (κ1) is 12.9. The number of hydrogen-bond acceptors (Lipinski definition) is 4. The molecule has 0 bridgehead atoms. The Morgan fingerprint density at radius 2 is 2.12 bits per heavy atom. The SMILES string of the molecule is CC1(Cl)C(N)=CC=C(Cl)C1(C)C(C#N)=NO. The molecule has 0 aromatic rings. The van der Waals surface area contributed by atoms with Crippen molar-refractivity contribution in [2.75, 3.05) is 0 Å². The molecular formula is C10H11Cl2N3O. The van der Waals surface area contributed by atoms with Crippen LogP contribution >= 0.6 is 23.2 Å². The van der Waals surface area contributed by atoms with Gasteiger partial charge in [0.1, 0.15) is 6.07 Å². The molecule has 2 atom stereocenters. The van der Waals surface area contributed by atoms with Gasteiger partial charge in [0.2, 0.25) is 0 Å². The Morgan fingerprint density at radius 1 is 1.56 bits per heavy atom. The maximum Gasteiger partial charge on any atom is 0.170 e. The molecule has 0 radical (unpaired) electrons. The summed E-state index contributed by atoms with van der Waals surface area (Å²) in [6.45, 7) is 3.23. The van der Waals surface area contributed by atoms with Crippen LogP contribution in [-0.4, -0.2) is 15.8 Å². The van der Waals surface area contributed by atoms with Crippen molar-refractivity contribution in [3.63, 3.8) is 0 Å². The van der Waals surface area contributed by atoms with Gasteiger partial charge in [0.25, 0.3) is 0 Å². The fraction of sp³-hybridized carbons (Fsp3) is 0.400. The number of halogens is 2. The van der Waals surface area contributed by atoms with E-state index in [1.54, 1.807) is 32.1 Å². The molecule has 1 rings (SSSR count). The Bertz CT molecular complexity index is 445. The van der Waals surface area contributed by atoms with Gasteiger partial charge in [-0.25, -0.2) is 0 Å². The van der Waals surface area contributed by atoms with Gasteiger partial charge in [0, 0.05) is 10.7 Å². The van der Waals surface area contributed by atoms with Gasteiger partial charge < -0.3 is 10.9 Å². The minimum Gasteiger partial charge on any atom is -0.410 e. The second-order valence-electron chi connectivity index (χ2n) is 3.82. The Hall–Kier alpha value is -1.18. The van der Waals surface area contributed by atoms with Gasteiger partial charge in [0.05, 0.1) is 10.3 Å². The molecule has 0 fully saturated rings. The molecule has 0 aromatic carbocycles. The van der Waals surface area contributed by atoms with E-state index in [4.69, 9.17) is 39.4 Å². The van der Waals surface area contributed by atoms with Crippen LogP contribution in [0, 0.1) is 16.7 Å². The van der Waals surface area contributed by atoms with Crippen LogP contribution in [0.3, 0.4) is 0 Å². The summed E-state index contributed by atoms with van der Waals surface area (Å²) in [6.07, 6.45) is 3.12. The fourth-order valence-corrected chi connectivity index (χ4v) is 2.21. The standard InChI is InChI=1S/C10H11Cl2N3O/c1-9(8(5-13)15-16)6(11)3-4-7(14)10(9,2)12/h3-4,16H,14H2,1-2H3. The minimum atomic E-state index is -1.14. The maximum atomic E-state index is 8.93. The summed E-state index contributed by atoms with van der Waals surface area (Å²) in [5.74, 6) is 0. The minimum absolute atomic E-state index is 0.178. The van der Waals surface area contributed by atoms with Crippen molar-refractivity contribution < 1.29 is 5.21 Å². The Labute approximate surface area is 104 Å². The molecule has 0 spiro atoms. The van der Waals surface area contributed by atoms with Crippen LogP contribution in [0.4, 0.5) is 0 Å². The number of nitrogens with zero attached hydrogens (tertiary/aromatic N) is 2. The quantitative estimate of drug-likeness (QED) is 0.328. The lowest BCUT2D eigenvalue weighted by Gasteiger charge is -2.42. The highest BCUT2D eigenvalue weighted by molar-refractivity contribution is 6.37. The highest BCUT2D eigenvalue weighted by Crippen LogP contribution is 2.50. The molecule has 1 aliphatic carbocycles. The van der Waals surface area contributed by atoms with Crippen LogP contribution in [0.15, 0.2) is 28.0 Å². The zero-order valence-electron chi connectivity index (χ0n) is 8.83. The van der Waals surface area contributed by atoms with Gasteiger partial charge in [-0.3, -0.25) is 0 Å². The van der Waals surface area contributed by atoms with Gasteiger partial charge in [-0.15, -0.1) is 11.6 Å². The molecule has 6 heteroatoms. The van der Waals surface area contributed by atoms with Gasteiger partial charge >= 0.3 is 0 Å². The summed E-state index contributed by atoms with van der Waals surface area (Å²) in [5, 5.41) is 21.0. The fourth-order valence-electron chi connectivity index (χ4n) is 1.57. The number of alkyl halides is 1. The summed E-state index contributed by atoms with van der Waals surface area (Å²) in [5.41, 5.74) is 4.82. The number of nitriles is 1. The second-order valence-corrected chi connectivity index (χ2v) is 4.99. The topological polar surface area (TPSA) is 82.4 Å². The highest BCUT2D eigenvalue weighted by Gasteiger charge is 2.53. The normalized spacial score (nSPS) is 35.1. The van der Waals surface area contributed by atoms with Crippen LogP contribution < -0.4 is 5.73 Å². The maximum absolute atomic E-state index is 8.93. The molecule has 2 unspecified atom stereocenters. The lowest BCUT2D eigenvalue weighted by molar-refractivity contribution is 0.308. The second kappa shape index (κ2) is 4.00. The molecule has 0 amide bonds. The predicted molar refractivity (Wildman–Crippen MR) is 63.4 cm³/mol. The molecule has 0 saturated carbocycles. The van der Waals surface area contributed by atoms with E-state index in [2.05, 4.69) is 5.16 Å². The van der Waals surface area contributed by atoms with Crippen molar-refractivity contribution in [2.24, 2.45) is 16.3 Å². The van der Waals surface area contributed by atoms with Crippen molar-refractivity contribution in [1.29, 1.82) is 5.26 Å². The van der Waals surface area contributed by atoms with E-state index in [1.807, 2.05) is 0 Å². The van der Waals surface area contributed by atoms with Crippen LogP contribution in [0.25, 0.3) is 0 Å². The zero-order chi connectivity index (χ0) is 12.6. The van der Waals surface area contributed by atoms with Crippen molar-refractivity contribution in [2.45, 2.75) is 18.7 Å². The molecule has 16 heavy (non-hydrogen) atoms. The van der Waals surface area contributed by atoms with E-state index in [0.717, 1.165) is 0 Å². The average Bonchev–Trinajstić information content (AvgIpc) is 2.24. The summed E-state index contributed by atoms with van der Waals surface area (Å²) in [4.78, 5) is -1.11. The monoisotopic (exact) mass is 259 g/mol. The largest absolute Gasteiger partial charge is 0.410 e. The molecule has 0 aromatic heterocycles. The van der Waals surface area contributed by atoms with E-state index in [0.29, 0.717) is 10.7 Å². The van der Waals surface area contributed by atoms with E-state index in [-0.39, 0.29) is 5.71 Å². The van der Waals surface area contributed by atoms with Gasteiger partial charge in [0.15, 0.2) is 5.71 Å². The number of hydrogen-bond donors (Lipinski definition) is 2. The third kappa shape index (κ3) is 1.48. The lowest BCUT2D eigenvalue weighted by Crippen LogP contribution is -2.50. The predicted octanol–water partition coefficient (Wildman–Crippen LogP) is 2.32. The third-order valence-electron chi connectivity index (χ3n) is 3.05. The smallest absolute Gasteiger partial charge is 0.170 e. The lowest BCUT2D eigenvalue weighted by atomic mass is 9.69. The number of oxime groups is 1. The van der Waals surface area contributed by atoms with Gasteiger partial charge in [-0.1, -0.05) is 16.8 Å². The van der Waals surface area contributed by atoms with Gasteiger partial charge in [-0.05, 0) is 26.0 Å². The summed E-state index contributed by atoms with van der Waals surface area (Å²) < 4.78 is 0. The number of nitrogens with two attached hydrogens (primary N) is 1. The number of rotatable bonds is 1. The van der Waals surface area contributed by atoms with Crippen molar-refractivity contribution in [3.05, 3.63) is 22.9 Å². The third-order valence-corrected chi connectivity index (χ3v) is 4.15. The molecule has 1 aliphatic rings. The average molecular weight is 260 g/mol. The summed E-state index contributed by atoms with van der Waals surface area (Å²) >= 11 is 12.4. The summed E-state index contributed by atoms with van der Waals surface area (Å²) in [7, 11) is 0. The van der Waals surface area contributed by atoms with Crippen molar-refractivity contribution in [3.8, 4) is 6.07 Å². The first-order valence-electron chi connectivity index (χ1n) is 4.47. The summed E-state index contributed by atoms with van der Waals surface area (Å²) in [6, 6.07) is 1.78. The van der Waals surface area contributed by atoms with Crippen LogP contribution in [0.1, 0.15) is 13.8 Å². The number of allylic oxidation sites excluding steroid dienone is 4. The Kier molecular flexibility index (Phi) is 3.22. The van der Waals surface area contributed by atoms with Crippen molar-refractivity contribution in [1.82, 2.24) is 0 Å². The van der Waals surface area contributed by atoms with Crippen LogP contribution in [0.2, 0.25) is 0 Å². The molecule has 4 nitrogen and oxygen atoms in total. The van der Waals surface area contributed by atoms with Crippen LogP contribution in [-0.2, 0) is 0 Å². The molecular weight excluding hydrogens is 249 g/mol. The highest BCUT2D eigenvalue weighted by atomic mass is 35.5. The van der Waals surface area contributed by atoms with E-state index < -0.39 is 10.3 Å². The first-order valence-corrected chi connectivity index (χ1v) is 5.23. The van der Waals surface area contributed by atoms with Crippen LogP contribution in [0.5, 0.6) is 0 Å². The first-order chi connectivity index (χ1) is 7.32. The van der Waals surface area contributed by atoms with Crippen molar-refractivity contribution >= 4 is 28.9 Å². The molecule has 86 valence electrons. The van der Waals surface area contributed by atoms with E-state index in [1.165, 1.54) is 0 Å². The van der Waals surface area contributed by atoms with E-state index in [9.17, 15) is 0 Å². The molecule has 0 heterocycles. The Morgan fingerprint density at radius 3 is 2.56 bits per heavy atom. The molecule has 0 saturated heterocycles.